The summed E-state index contributed by atoms with van der Waals surface area (Å²) in [6, 6.07) is 5.69. The molecule has 1 aliphatic rings. The van der Waals surface area contributed by atoms with Crippen LogP contribution in [0.5, 0.6) is 11.5 Å². The van der Waals surface area contributed by atoms with Crippen LogP contribution in [0.15, 0.2) is 24.4 Å². The van der Waals surface area contributed by atoms with Crippen molar-refractivity contribution in [3.05, 3.63) is 35.8 Å². The Kier molecular flexibility index (Phi) is 3.37. The zero-order valence-electron chi connectivity index (χ0n) is 13.2. The number of ether oxygens (including phenoxy) is 2. The molecule has 0 bridgehead atoms. The molecule has 0 atom stereocenters. The molecule has 6 nitrogen and oxygen atoms in total. The Hall–Kier alpha value is -2.63. The van der Waals surface area contributed by atoms with Crippen LogP contribution in [0.25, 0.3) is 17.0 Å². The molecule has 0 N–H and O–H groups in total. The third-order valence-corrected chi connectivity index (χ3v) is 4.33. The van der Waals surface area contributed by atoms with E-state index in [1.165, 1.54) is 18.5 Å². The Morgan fingerprint density at radius 2 is 1.91 bits per heavy atom. The molecule has 0 amide bonds. The second kappa shape index (κ2) is 5.53. The van der Waals surface area contributed by atoms with Crippen molar-refractivity contribution in [3.8, 4) is 22.8 Å². The second-order valence-electron chi connectivity index (χ2n) is 5.66. The molecular formula is C17H18N4O2. The summed E-state index contributed by atoms with van der Waals surface area (Å²) in [4.78, 5) is 4.63. The fraction of sp³-hybridized carbons (Fsp3) is 0.353. The van der Waals surface area contributed by atoms with E-state index >= 15 is 0 Å². The van der Waals surface area contributed by atoms with Crippen molar-refractivity contribution in [1.82, 2.24) is 19.6 Å². The molecule has 6 heteroatoms. The average molecular weight is 310 g/mol. The fourth-order valence-electron chi connectivity index (χ4n) is 3.13. The van der Waals surface area contributed by atoms with Gasteiger partial charge in [-0.05, 0) is 43.9 Å². The summed E-state index contributed by atoms with van der Waals surface area (Å²) in [7, 11) is 3.31. The van der Waals surface area contributed by atoms with E-state index < -0.39 is 0 Å². The van der Waals surface area contributed by atoms with E-state index in [9.17, 15) is 0 Å². The van der Waals surface area contributed by atoms with Gasteiger partial charge < -0.3 is 9.47 Å². The van der Waals surface area contributed by atoms with Crippen LogP contribution in [0.1, 0.15) is 24.2 Å². The monoisotopic (exact) mass is 310 g/mol. The summed E-state index contributed by atoms with van der Waals surface area (Å²) in [5.74, 6) is 2.16. The number of methoxy groups -OCH3 is 2. The first-order valence-corrected chi connectivity index (χ1v) is 7.76. The predicted octanol–water partition coefficient (Wildman–Crippen LogP) is 2.69. The van der Waals surface area contributed by atoms with E-state index in [2.05, 4.69) is 19.6 Å². The topological polar surface area (TPSA) is 61.5 Å². The molecule has 3 aromatic rings. The van der Waals surface area contributed by atoms with Gasteiger partial charge in [0.25, 0.3) is 5.78 Å². The van der Waals surface area contributed by atoms with Crippen molar-refractivity contribution < 1.29 is 9.47 Å². The number of hydrogen-bond donors (Lipinski definition) is 0. The number of rotatable bonds is 3. The van der Waals surface area contributed by atoms with Crippen LogP contribution in [0, 0.1) is 0 Å². The minimum absolute atomic E-state index is 0.630. The molecule has 0 aliphatic heterocycles. The first kappa shape index (κ1) is 14.0. The van der Waals surface area contributed by atoms with Gasteiger partial charge in [0.1, 0.15) is 11.5 Å². The van der Waals surface area contributed by atoms with Gasteiger partial charge in [0.15, 0.2) is 0 Å². The van der Waals surface area contributed by atoms with Gasteiger partial charge in [-0.2, -0.15) is 5.10 Å². The van der Waals surface area contributed by atoms with Crippen LogP contribution in [-0.2, 0) is 12.8 Å². The fourth-order valence-corrected chi connectivity index (χ4v) is 3.13. The molecule has 118 valence electrons. The lowest BCUT2D eigenvalue weighted by Crippen LogP contribution is -2.12. The maximum Gasteiger partial charge on any atom is 0.254 e. The lowest BCUT2D eigenvalue weighted by molar-refractivity contribution is 0.404. The van der Waals surface area contributed by atoms with Gasteiger partial charge in [-0.3, -0.25) is 4.40 Å². The summed E-state index contributed by atoms with van der Waals surface area (Å²) in [6.45, 7) is 0. The summed E-state index contributed by atoms with van der Waals surface area (Å²) >= 11 is 0. The van der Waals surface area contributed by atoms with Gasteiger partial charge in [-0.25, -0.2) is 4.98 Å². The lowest BCUT2D eigenvalue weighted by atomic mass is 10.0. The third kappa shape index (κ3) is 2.30. The molecule has 2 heterocycles. The number of aromatic nitrogens is 4. The molecule has 0 radical (unpaired) electrons. The molecule has 1 aromatic carbocycles. The van der Waals surface area contributed by atoms with Crippen LogP contribution in [-0.4, -0.2) is 33.8 Å². The van der Waals surface area contributed by atoms with Crippen molar-refractivity contribution >= 4 is 5.78 Å². The van der Waals surface area contributed by atoms with Crippen molar-refractivity contribution in [3.63, 3.8) is 0 Å². The Bertz CT molecular complexity index is 872. The summed E-state index contributed by atoms with van der Waals surface area (Å²) in [5.41, 5.74) is 4.02. The Balaban J connectivity index is 1.90. The van der Waals surface area contributed by atoms with E-state index in [1.54, 1.807) is 14.2 Å². The van der Waals surface area contributed by atoms with Gasteiger partial charge in [0.2, 0.25) is 0 Å². The number of fused-ring (bicyclic) bond motifs is 3. The number of benzene rings is 1. The molecule has 0 fully saturated rings. The lowest BCUT2D eigenvalue weighted by Gasteiger charge is -2.14. The van der Waals surface area contributed by atoms with Gasteiger partial charge >= 0.3 is 0 Å². The van der Waals surface area contributed by atoms with Crippen LogP contribution < -0.4 is 9.47 Å². The largest absolute Gasteiger partial charge is 0.497 e. The first-order valence-electron chi connectivity index (χ1n) is 7.76. The maximum atomic E-state index is 5.47. The van der Waals surface area contributed by atoms with Crippen LogP contribution >= 0.6 is 0 Å². The Morgan fingerprint density at radius 1 is 1.04 bits per heavy atom. The normalized spacial score (nSPS) is 13.8. The molecule has 0 saturated carbocycles. The highest BCUT2D eigenvalue weighted by Gasteiger charge is 2.18. The van der Waals surface area contributed by atoms with E-state index in [4.69, 9.17) is 9.47 Å². The average Bonchev–Trinajstić information content (AvgIpc) is 3.05. The zero-order chi connectivity index (χ0) is 15.8. The number of aryl methyl sites for hydroxylation is 2. The van der Waals surface area contributed by atoms with E-state index in [-0.39, 0.29) is 0 Å². The molecule has 0 unspecified atom stereocenters. The quantitative estimate of drug-likeness (QED) is 0.744. The van der Waals surface area contributed by atoms with Crippen LogP contribution in [0.2, 0.25) is 0 Å². The van der Waals surface area contributed by atoms with Gasteiger partial charge in [-0.15, -0.1) is 5.10 Å². The smallest absolute Gasteiger partial charge is 0.254 e. The van der Waals surface area contributed by atoms with Crippen LogP contribution in [0.4, 0.5) is 0 Å². The standard InChI is InChI=1S/C17H18N4O2/c1-22-11-7-8-16(23-2)12(9-11)14-10-21-15-6-4-3-5-13(15)19-20-17(21)18-14/h7-10H,3-6H2,1-2H3. The minimum atomic E-state index is 0.630. The SMILES string of the molecule is COc1ccc(OC)c(-c2cn3c4c(nnc3n2)CCCC4)c1. The zero-order valence-corrected chi connectivity index (χ0v) is 13.2. The van der Waals surface area contributed by atoms with E-state index in [0.717, 1.165) is 41.3 Å². The van der Waals surface area contributed by atoms with Gasteiger partial charge in [0, 0.05) is 17.5 Å². The predicted molar refractivity (Wildman–Crippen MR) is 86.0 cm³/mol. The molecule has 1 aliphatic carbocycles. The minimum Gasteiger partial charge on any atom is -0.497 e. The highest BCUT2D eigenvalue weighted by Crippen LogP contribution is 2.33. The van der Waals surface area contributed by atoms with Crippen molar-refractivity contribution in [2.45, 2.75) is 25.7 Å². The van der Waals surface area contributed by atoms with Crippen molar-refractivity contribution in [1.29, 1.82) is 0 Å². The highest BCUT2D eigenvalue weighted by molar-refractivity contribution is 5.70. The van der Waals surface area contributed by atoms with Crippen LogP contribution in [0.3, 0.4) is 0 Å². The first-order chi connectivity index (χ1) is 11.3. The molecule has 2 aromatic heterocycles. The van der Waals surface area contributed by atoms with Gasteiger partial charge in [0.05, 0.1) is 25.6 Å². The molecular weight excluding hydrogens is 292 g/mol. The number of hydrogen-bond acceptors (Lipinski definition) is 5. The molecule has 4 rings (SSSR count). The van der Waals surface area contributed by atoms with Crippen molar-refractivity contribution in [2.75, 3.05) is 14.2 Å². The third-order valence-electron chi connectivity index (χ3n) is 4.33. The maximum absolute atomic E-state index is 5.47. The summed E-state index contributed by atoms with van der Waals surface area (Å²) in [6.07, 6.45) is 6.40. The Morgan fingerprint density at radius 3 is 2.74 bits per heavy atom. The highest BCUT2D eigenvalue weighted by atomic mass is 16.5. The van der Waals surface area contributed by atoms with Crippen molar-refractivity contribution in [2.24, 2.45) is 0 Å². The summed E-state index contributed by atoms with van der Waals surface area (Å²) in [5, 5.41) is 8.61. The van der Waals surface area contributed by atoms with E-state index in [1.807, 2.05) is 24.4 Å². The second-order valence-corrected chi connectivity index (χ2v) is 5.66. The number of nitrogens with zero attached hydrogens (tertiary/aromatic N) is 4. The molecule has 23 heavy (non-hydrogen) atoms. The van der Waals surface area contributed by atoms with E-state index in [0.29, 0.717) is 5.78 Å². The Labute approximate surface area is 134 Å². The molecule has 0 saturated heterocycles. The molecule has 0 spiro atoms. The summed E-state index contributed by atoms with van der Waals surface area (Å²) < 4.78 is 12.9. The number of imidazole rings is 1. The van der Waals surface area contributed by atoms with Gasteiger partial charge in [-0.1, -0.05) is 0 Å².